The Morgan fingerprint density at radius 2 is 1.73 bits per heavy atom. The van der Waals surface area contributed by atoms with Crippen LogP contribution in [0.5, 0.6) is 5.75 Å². The van der Waals surface area contributed by atoms with E-state index in [-0.39, 0.29) is 23.5 Å². The van der Waals surface area contributed by atoms with E-state index in [1.807, 2.05) is 58.9 Å². The molecule has 1 saturated heterocycles. The normalized spacial score (nSPS) is 17.9. The molecule has 1 atom stereocenters. The Bertz CT molecular complexity index is 1020. The first-order valence-corrected chi connectivity index (χ1v) is 11.4. The number of carbonyl (C=O) groups is 2. The molecule has 3 rings (SSSR count). The molecule has 0 saturated carbocycles. The van der Waals surface area contributed by atoms with Gasteiger partial charge in [0.05, 0.1) is 23.8 Å². The van der Waals surface area contributed by atoms with Crippen molar-refractivity contribution in [3.05, 3.63) is 70.8 Å². The summed E-state index contributed by atoms with van der Waals surface area (Å²) in [5, 5.41) is 11.2. The van der Waals surface area contributed by atoms with Crippen molar-refractivity contribution in [3.8, 4) is 5.75 Å². The van der Waals surface area contributed by atoms with E-state index in [1.54, 1.807) is 29.2 Å². The van der Waals surface area contributed by atoms with Crippen LogP contribution in [-0.2, 0) is 14.3 Å². The summed E-state index contributed by atoms with van der Waals surface area (Å²) < 4.78 is 11.3. The van der Waals surface area contributed by atoms with Crippen LogP contribution in [-0.4, -0.2) is 47.1 Å². The number of ketones is 1. The summed E-state index contributed by atoms with van der Waals surface area (Å²) in [6.07, 6.45) is 0.709. The minimum absolute atomic E-state index is 0.0239. The van der Waals surface area contributed by atoms with Crippen LogP contribution in [0.15, 0.2) is 54.1 Å². The molecule has 0 aromatic heterocycles. The standard InChI is InChI=1S/C27H33NO5/c1-17(2)32-15-7-14-28-24(21-9-6-8-19(5)16-21)23(26(30)27(28)31)25(29)20-10-12-22(13-11-20)33-18(3)4/h6,8-13,16-18,24,29H,7,14-15H2,1-5H3/b25-23-. The number of aliphatic hydroxyl groups is 1. The Hall–Kier alpha value is -3.12. The van der Waals surface area contributed by atoms with E-state index in [0.29, 0.717) is 30.9 Å². The van der Waals surface area contributed by atoms with Crippen LogP contribution in [0.3, 0.4) is 0 Å². The Kier molecular flexibility index (Phi) is 7.92. The number of likely N-dealkylation sites (tertiary alicyclic amines) is 1. The minimum atomic E-state index is -0.675. The summed E-state index contributed by atoms with van der Waals surface area (Å²) >= 11 is 0. The van der Waals surface area contributed by atoms with E-state index in [0.717, 1.165) is 11.1 Å². The van der Waals surface area contributed by atoms with Gasteiger partial charge in [0, 0.05) is 18.7 Å². The third-order valence-electron chi connectivity index (χ3n) is 5.39. The number of aryl methyl sites for hydroxylation is 1. The maximum Gasteiger partial charge on any atom is 0.295 e. The quantitative estimate of drug-likeness (QED) is 0.251. The molecule has 0 bridgehead atoms. The fourth-order valence-corrected chi connectivity index (χ4v) is 3.97. The highest BCUT2D eigenvalue weighted by Crippen LogP contribution is 2.39. The monoisotopic (exact) mass is 451 g/mol. The number of benzene rings is 2. The zero-order valence-corrected chi connectivity index (χ0v) is 20.0. The van der Waals surface area contributed by atoms with Crippen LogP contribution in [0, 0.1) is 6.92 Å². The maximum atomic E-state index is 13.1. The predicted octanol–water partition coefficient (Wildman–Crippen LogP) is 5.02. The number of nitrogens with zero attached hydrogens (tertiary/aromatic N) is 1. The molecule has 2 aromatic carbocycles. The second kappa shape index (κ2) is 10.7. The van der Waals surface area contributed by atoms with Crippen molar-refractivity contribution in [3.63, 3.8) is 0 Å². The highest BCUT2D eigenvalue weighted by atomic mass is 16.5. The van der Waals surface area contributed by atoms with E-state index in [2.05, 4.69) is 0 Å². The van der Waals surface area contributed by atoms with Gasteiger partial charge in [-0.25, -0.2) is 0 Å². The van der Waals surface area contributed by atoms with Gasteiger partial charge in [0.15, 0.2) is 0 Å². The van der Waals surface area contributed by atoms with Crippen LogP contribution in [0.25, 0.3) is 5.76 Å². The second-order valence-corrected chi connectivity index (χ2v) is 8.87. The molecule has 1 aliphatic rings. The molecule has 0 spiro atoms. The van der Waals surface area contributed by atoms with Crippen molar-refractivity contribution in [2.45, 2.75) is 59.3 Å². The maximum absolute atomic E-state index is 13.1. The zero-order chi connectivity index (χ0) is 24.1. The summed E-state index contributed by atoms with van der Waals surface area (Å²) in [6.45, 7) is 10.6. The molecular weight excluding hydrogens is 418 g/mol. The third-order valence-corrected chi connectivity index (χ3v) is 5.39. The lowest BCUT2D eigenvalue weighted by atomic mass is 9.94. The largest absolute Gasteiger partial charge is 0.507 e. The average molecular weight is 452 g/mol. The molecule has 1 fully saturated rings. The highest BCUT2D eigenvalue weighted by molar-refractivity contribution is 6.46. The topological polar surface area (TPSA) is 76.1 Å². The summed E-state index contributed by atoms with van der Waals surface area (Å²) in [5.41, 5.74) is 2.37. The molecule has 0 radical (unpaired) electrons. The van der Waals surface area contributed by atoms with Crippen LogP contribution in [0.2, 0.25) is 0 Å². The second-order valence-electron chi connectivity index (χ2n) is 8.87. The van der Waals surface area contributed by atoms with Gasteiger partial charge in [-0.15, -0.1) is 0 Å². The number of hydrogen-bond donors (Lipinski definition) is 1. The summed E-state index contributed by atoms with van der Waals surface area (Å²) in [6, 6.07) is 13.9. The Morgan fingerprint density at radius 1 is 1.03 bits per heavy atom. The molecule has 1 heterocycles. The van der Waals surface area contributed by atoms with Crippen molar-refractivity contribution < 1.29 is 24.2 Å². The minimum Gasteiger partial charge on any atom is -0.507 e. The molecule has 33 heavy (non-hydrogen) atoms. The van der Waals surface area contributed by atoms with Crippen molar-refractivity contribution in [1.29, 1.82) is 0 Å². The third kappa shape index (κ3) is 5.82. The van der Waals surface area contributed by atoms with Gasteiger partial charge in [-0.1, -0.05) is 29.8 Å². The summed E-state index contributed by atoms with van der Waals surface area (Å²) in [5.74, 6) is -0.794. The molecule has 2 aromatic rings. The van der Waals surface area contributed by atoms with Crippen LogP contribution < -0.4 is 4.74 Å². The van der Waals surface area contributed by atoms with Gasteiger partial charge < -0.3 is 19.5 Å². The highest BCUT2D eigenvalue weighted by Gasteiger charge is 2.45. The predicted molar refractivity (Wildman–Crippen MR) is 128 cm³/mol. The number of amides is 1. The molecule has 1 N–H and O–H groups in total. The van der Waals surface area contributed by atoms with E-state index >= 15 is 0 Å². The van der Waals surface area contributed by atoms with E-state index in [1.165, 1.54) is 0 Å². The van der Waals surface area contributed by atoms with E-state index in [9.17, 15) is 14.7 Å². The lowest BCUT2D eigenvalue weighted by Gasteiger charge is -2.25. The molecule has 1 unspecified atom stereocenters. The number of rotatable bonds is 9. The number of carbonyl (C=O) groups excluding carboxylic acids is 2. The molecular formula is C27H33NO5. The molecule has 176 valence electrons. The Labute approximate surface area is 195 Å². The summed E-state index contributed by atoms with van der Waals surface area (Å²) in [7, 11) is 0. The van der Waals surface area contributed by atoms with Crippen LogP contribution in [0.4, 0.5) is 0 Å². The van der Waals surface area contributed by atoms with Crippen molar-refractivity contribution in [1.82, 2.24) is 4.90 Å². The number of hydrogen-bond acceptors (Lipinski definition) is 5. The van der Waals surface area contributed by atoms with Crippen molar-refractivity contribution in [2.24, 2.45) is 0 Å². The lowest BCUT2D eigenvalue weighted by Crippen LogP contribution is -2.31. The van der Waals surface area contributed by atoms with Gasteiger partial charge >= 0.3 is 0 Å². The molecule has 6 heteroatoms. The van der Waals surface area contributed by atoms with E-state index < -0.39 is 17.7 Å². The van der Waals surface area contributed by atoms with Gasteiger partial charge in [-0.05, 0) is 70.9 Å². The fourth-order valence-electron chi connectivity index (χ4n) is 3.97. The van der Waals surface area contributed by atoms with Gasteiger partial charge in [0.1, 0.15) is 11.5 Å². The van der Waals surface area contributed by atoms with Gasteiger partial charge in [-0.3, -0.25) is 9.59 Å². The first-order chi connectivity index (χ1) is 15.7. The molecule has 0 aliphatic carbocycles. The van der Waals surface area contributed by atoms with Crippen LogP contribution >= 0.6 is 0 Å². The Balaban J connectivity index is 2.00. The zero-order valence-electron chi connectivity index (χ0n) is 20.0. The average Bonchev–Trinajstić information content (AvgIpc) is 3.01. The molecule has 1 amide bonds. The Morgan fingerprint density at radius 3 is 2.33 bits per heavy atom. The smallest absolute Gasteiger partial charge is 0.295 e. The lowest BCUT2D eigenvalue weighted by molar-refractivity contribution is -0.140. The van der Waals surface area contributed by atoms with Gasteiger partial charge in [0.25, 0.3) is 11.7 Å². The number of aliphatic hydroxyl groups excluding tert-OH is 1. The number of ether oxygens (including phenoxy) is 2. The summed E-state index contributed by atoms with van der Waals surface area (Å²) in [4.78, 5) is 27.6. The van der Waals surface area contributed by atoms with Crippen LogP contribution in [0.1, 0.15) is 56.8 Å². The van der Waals surface area contributed by atoms with E-state index in [4.69, 9.17) is 9.47 Å². The number of Topliss-reactive ketones (excluding diaryl/α,β-unsaturated/α-hetero) is 1. The van der Waals surface area contributed by atoms with Crippen molar-refractivity contribution in [2.75, 3.05) is 13.2 Å². The first-order valence-electron chi connectivity index (χ1n) is 11.4. The SMILES string of the molecule is Cc1cccc(C2/C(=C(/O)c3ccc(OC(C)C)cc3)C(=O)C(=O)N2CCCOC(C)C)c1. The van der Waals surface area contributed by atoms with Gasteiger partial charge in [0.2, 0.25) is 0 Å². The fraction of sp³-hybridized carbons (Fsp3) is 0.407. The van der Waals surface area contributed by atoms with Gasteiger partial charge in [-0.2, -0.15) is 0 Å². The first kappa shape index (κ1) is 24.5. The van der Waals surface area contributed by atoms with Crippen molar-refractivity contribution >= 4 is 17.4 Å². The molecule has 1 aliphatic heterocycles. The molecule has 6 nitrogen and oxygen atoms in total.